The summed E-state index contributed by atoms with van der Waals surface area (Å²) >= 11 is 0. The predicted octanol–water partition coefficient (Wildman–Crippen LogP) is 1.17. The molecule has 0 aliphatic heterocycles. The minimum atomic E-state index is -0.637. The molecule has 0 fully saturated rings. The van der Waals surface area contributed by atoms with E-state index in [-0.39, 0.29) is 24.6 Å². The average Bonchev–Trinajstić information content (AvgIpc) is 2.61. The molecule has 0 spiro atoms. The lowest BCUT2D eigenvalue weighted by Crippen LogP contribution is -2.18. The van der Waals surface area contributed by atoms with Crippen molar-refractivity contribution in [1.29, 1.82) is 0 Å². The molecule has 0 saturated carbocycles. The first-order chi connectivity index (χ1) is 8.10. The third-order valence-electron chi connectivity index (χ3n) is 1.93. The highest BCUT2D eigenvalue weighted by molar-refractivity contribution is 5.98. The molecule has 0 unspecified atom stereocenters. The summed E-state index contributed by atoms with van der Waals surface area (Å²) in [6.07, 6.45) is 0.696. The zero-order valence-corrected chi connectivity index (χ0v) is 10.0. The second-order valence-corrected chi connectivity index (χ2v) is 3.10. The van der Waals surface area contributed by atoms with Gasteiger partial charge in [-0.25, -0.2) is 9.59 Å². The summed E-state index contributed by atoms with van der Waals surface area (Å²) in [5.41, 5.74) is 0.197. The summed E-state index contributed by atoms with van der Waals surface area (Å²) < 4.78 is 10.9. The zero-order chi connectivity index (χ0) is 12.8. The van der Waals surface area contributed by atoms with Crippen molar-refractivity contribution in [3.8, 4) is 0 Å². The SMILES string of the molecule is CCOC(=O)Nc1c(C(=O)OCC)cnn1C. The second kappa shape index (κ2) is 5.88. The largest absolute Gasteiger partial charge is 0.462 e. The molecule has 0 bridgehead atoms. The van der Waals surface area contributed by atoms with Crippen LogP contribution in [0.4, 0.5) is 10.6 Å². The third kappa shape index (κ3) is 3.20. The van der Waals surface area contributed by atoms with Crippen LogP contribution in [0.1, 0.15) is 24.2 Å². The third-order valence-corrected chi connectivity index (χ3v) is 1.93. The molecule has 17 heavy (non-hydrogen) atoms. The monoisotopic (exact) mass is 241 g/mol. The number of amides is 1. The normalized spacial score (nSPS) is 9.82. The van der Waals surface area contributed by atoms with Crippen molar-refractivity contribution in [3.63, 3.8) is 0 Å². The van der Waals surface area contributed by atoms with Gasteiger partial charge in [0.2, 0.25) is 0 Å². The molecule has 0 radical (unpaired) electrons. The summed E-state index contributed by atoms with van der Waals surface area (Å²) in [5.74, 6) is -0.283. The van der Waals surface area contributed by atoms with E-state index in [9.17, 15) is 9.59 Å². The van der Waals surface area contributed by atoms with Crippen molar-refractivity contribution in [2.75, 3.05) is 18.5 Å². The fraction of sp³-hybridized carbons (Fsp3) is 0.500. The van der Waals surface area contributed by atoms with E-state index in [4.69, 9.17) is 9.47 Å². The van der Waals surface area contributed by atoms with Gasteiger partial charge in [0.15, 0.2) is 0 Å². The topological polar surface area (TPSA) is 82.4 Å². The van der Waals surface area contributed by atoms with Crippen LogP contribution in [-0.2, 0) is 16.5 Å². The highest BCUT2D eigenvalue weighted by atomic mass is 16.5. The smallest absolute Gasteiger partial charge is 0.412 e. The Morgan fingerprint density at radius 2 is 2.00 bits per heavy atom. The maximum atomic E-state index is 11.6. The number of anilines is 1. The summed E-state index contributed by atoms with van der Waals surface area (Å²) in [4.78, 5) is 22.8. The first-order valence-corrected chi connectivity index (χ1v) is 5.23. The van der Waals surface area contributed by atoms with Crippen LogP contribution in [0.15, 0.2) is 6.20 Å². The van der Waals surface area contributed by atoms with Crippen LogP contribution in [0.5, 0.6) is 0 Å². The van der Waals surface area contributed by atoms with Gasteiger partial charge in [-0.2, -0.15) is 5.10 Å². The zero-order valence-electron chi connectivity index (χ0n) is 10.0. The molecule has 94 valence electrons. The van der Waals surface area contributed by atoms with Crippen LogP contribution in [-0.4, -0.2) is 35.1 Å². The van der Waals surface area contributed by atoms with Crippen LogP contribution < -0.4 is 5.32 Å². The molecular formula is C10H15N3O4. The quantitative estimate of drug-likeness (QED) is 0.800. The molecule has 1 heterocycles. The van der Waals surface area contributed by atoms with Gasteiger partial charge >= 0.3 is 12.1 Å². The van der Waals surface area contributed by atoms with Gasteiger partial charge in [-0.15, -0.1) is 0 Å². The number of esters is 1. The number of carbonyl (C=O) groups is 2. The molecule has 0 saturated heterocycles. The highest BCUT2D eigenvalue weighted by Gasteiger charge is 2.19. The predicted molar refractivity (Wildman–Crippen MR) is 59.8 cm³/mol. The van der Waals surface area contributed by atoms with Crippen molar-refractivity contribution in [3.05, 3.63) is 11.8 Å². The number of hydrogen-bond acceptors (Lipinski definition) is 5. The molecular weight excluding hydrogens is 226 g/mol. The lowest BCUT2D eigenvalue weighted by Gasteiger charge is -2.07. The van der Waals surface area contributed by atoms with Gasteiger partial charge in [0, 0.05) is 7.05 Å². The van der Waals surface area contributed by atoms with Gasteiger partial charge in [0.05, 0.1) is 19.4 Å². The van der Waals surface area contributed by atoms with Gasteiger partial charge in [-0.1, -0.05) is 0 Å². The molecule has 0 aliphatic carbocycles. The molecule has 1 aromatic heterocycles. The van der Waals surface area contributed by atoms with E-state index < -0.39 is 12.1 Å². The number of carbonyl (C=O) groups excluding carboxylic acids is 2. The Bertz CT molecular complexity index is 414. The summed E-state index contributed by atoms with van der Waals surface area (Å²) in [5, 5.41) is 6.32. The maximum Gasteiger partial charge on any atom is 0.412 e. The molecule has 0 atom stereocenters. The summed E-state index contributed by atoms with van der Waals surface area (Å²) in [6, 6.07) is 0. The van der Waals surface area contributed by atoms with Gasteiger partial charge in [-0.05, 0) is 13.8 Å². The van der Waals surface area contributed by atoms with Gasteiger partial charge in [-0.3, -0.25) is 10.00 Å². The van der Waals surface area contributed by atoms with Crippen LogP contribution in [0.2, 0.25) is 0 Å². The Morgan fingerprint density at radius 3 is 2.59 bits per heavy atom. The number of rotatable bonds is 4. The molecule has 0 aromatic carbocycles. The van der Waals surface area contributed by atoms with Crippen LogP contribution in [0.25, 0.3) is 0 Å². The number of hydrogen-bond donors (Lipinski definition) is 1. The number of aryl methyl sites for hydroxylation is 1. The first-order valence-electron chi connectivity index (χ1n) is 5.23. The van der Waals surface area contributed by atoms with E-state index in [2.05, 4.69) is 10.4 Å². The van der Waals surface area contributed by atoms with E-state index in [1.54, 1.807) is 20.9 Å². The maximum absolute atomic E-state index is 11.6. The second-order valence-electron chi connectivity index (χ2n) is 3.10. The van der Waals surface area contributed by atoms with E-state index in [0.29, 0.717) is 0 Å². The van der Waals surface area contributed by atoms with Crippen molar-refractivity contribution in [2.45, 2.75) is 13.8 Å². The summed E-state index contributed by atoms with van der Waals surface area (Å²) in [7, 11) is 1.60. The molecule has 7 nitrogen and oxygen atoms in total. The molecule has 1 amide bonds. The van der Waals surface area contributed by atoms with E-state index in [1.807, 2.05) is 0 Å². The Morgan fingerprint density at radius 1 is 1.35 bits per heavy atom. The number of nitrogens with one attached hydrogen (secondary N) is 1. The van der Waals surface area contributed by atoms with Crippen molar-refractivity contribution >= 4 is 17.9 Å². The molecule has 1 rings (SSSR count). The Labute approximate surface area is 98.7 Å². The molecule has 1 N–H and O–H groups in total. The molecule has 7 heteroatoms. The first kappa shape index (κ1) is 13.0. The lowest BCUT2D eigenvalue weighted by atomic mass is 10.3. The minimum Gasteiger partial charge on any atom is -0.462 e. The Hall–Kier alpha value is -2.05. The standard InChI is InChI=1S/C10H15N3O4/c1-4-16-9(14)7-6-11-13(3)8(7)12-10(15)17-5-2/h6H,4-5H2,1-3H3,(H,12,15). The Balaban J connectivity index is 2.86. The van der Waals surface area contributed by atoms with E-state index >= 15 is 0 Å². The number of ether oxygens (including phenoxy) is 2. The van der Waals surface area contributed by atoms with Crippen LogP contribution in [0, 0.1) is 0 Å². The average molecular weight is 241 g/mol. The van der Waals surface area contributed by atoms with E-state index in [0.717, 1.165) is 0 Å². The van der Waals surface area contributed by atoms with Crippen LogP contribution in [0.3, 0.4) is 0 Å². The van der Waals surface area contributed by atoms with Crippen molar-refractivity contribution in [2.24, 2.45) is 7.05 Å². The number of aromatic nitrogens is 2. The Kier molecular flexibility index (Phi) is 4.50. The minimum absolute atomic E-state index is 0.197. The van der Waals surface area contributed by atoms with E-state index in [1.165, 1.54) is 10.9 Å². The fourth-order valence-corrected chi connectivity index (χ4v) is 1.21. The molecule has 1 aromatic rings. The highest BCUT2D eigenvalue weighted by Crippen LogP contribution is 2.15. The number of nitrogens with zero attached hydrogens (tertiary/aromatic N) is 2. The van der Waals surface area contributed by atoms with Crippen molar-refractivity contribution in [1.82, 2.24) is 9.78 Å². The summed E-state index contributed by atoms with van der Waals surface area (Å²) in [6.45, 7) is 3.90. The van der Waals surface area contributed by atoms with Gasteiger partial charge in [0.25, 0.3) is 0 Å². The van der Waals surface area contributed by atoms with Gasteiger partial charge < -0.3 is 9.47 Å². The molecule has 0 aliphatic rings. The van der Waals surface area contributed by atoms with Crippen molar-refractivity contribution < 1.29 is 19.1 Å². The van der Waals surface area contributed by atoms with Crippen LogP contribution >= 0.6 is 0 Å². The lowest BCUT2D eigenvalue weighted by molar-refractivity contribution is 0.0527. The fourth-order valence-electron chi connectivity index (χ4n) is 1.21. The van der Waals surface area contributed by atoms with Gasteiger partial charge in [0.1, 0.15) is 11.4 Å².